The lowest BCUT2D eigenvalue weighted by molar-refractivity contribution is 0.143. The van der Waals surface area contributed by atoms with E-state index in [0.717, 1.165) is 69.9 Å². The highest BCUT2D eigenvalue weighted by Gasteiger charge is 2.16. The number of piperidine rings is 1. The van der Waals surface area contributed by atoms with Crippen molar-refractivity contribution >= 4 is 11.8 Å². The van der Waals surface area contributed by atoms with Crippen LogP contribution in [0.2, 0.25) is 0 Å². The SMILES string of the molecule is CCOCCCCNC(=NC)NCc1ccc(N2CCC(C)CC2)nc1. The Balaban J connectivity index is 1.69. The van der Waals surface area contributed by atoms with Crippen LogP contribution in [0.5, 0.6) is 0 Å². The number of aliphatic imine (C=N–C) groups is 1. The molecular weight excluding hydrogens is 326 g/mol. The van der Waals surface area contributed by atoms with E-state index in [0.29, 0.717) is 0 Å². The maximum atomic E-state index is 5.35. The number of unbranched alkanes of at least 4 members (excludes halogenated alkanes) is 1. The summed E-state index contributed by atoms with van der Waals surface area (Å²) in [6.07, 6.45) is 6.63. The van der Waals surface area contributed by atoms with Crippen LogP contribution in [0.25, 0.3) is 0 Å². The van der Waals surface area contributed by atoms with Crippen LogP contribution in [0.4, 0.5) is 5.82 Å². The molecule has 1 aromatic rings. The summed E-state index contributed by atoms with van der Waals surface area (Å²) >= 11 is 0. The van der Waals surface area contributed by atoms with Crippen molar-refractivity contribution in [3.05, 3.63) is 23.9 Å². The first-order chi connectivity index (χ1) is 12.7. The maximum Gasteiger partial charge on any atom is 0.191 e. The second-order valence-corrected chi connectivity index (χ2v) is 6.95. The Hall–Kier alpha value is -1.82. The molecule has 146 valence electrons. The normalized spacial score (nSPS) is 16.0. The first-order valence-corrected chi connectivity index (χ1v) is 9.95. The smallest absolute Gasteiger partial charge is 0.191 e. The van der Waals surface area contributed by atoms with Gasteiger partial charge in [-0.05, 0) is 50.2 Å². The largest absolute Gasteiger partial charge is 0.382 e. The van der Waals surface area contributed by atoms with Crippen molar-refractivity contribution in [1.82, 2.24) is 15.6 Å². The lowest BCUT2D eigenvalue weighted by atomic mass is 9.99. The number of nitrogens with zero attached hydrogens (tertiary/aromatic N) is 3. The average Bonchev–Trinajstić information content (AvgIpc) is 2.68. The predicted octanol–water partition coefficient (Wildman–Crippen LogP) is 2.80. The summed E-state index contributed by atoms with van der Waals surface area (Å²) in [5.41, 5.74) is 1.17. The van der Waals surface area contributed by atoms with Gasteiger partial charge in [0.05, 0.1) is 0 Å². The van der Waals surface area contributed by atoms with Gasteiger partial charge in [-0.15, -0.1) is 0 Å². The molecule has 6 heteroatoms. The molecule has 1 aromatic heterocycles. The fourth-order valence-electron chi connectivity index (χ4n) is 3.03. The van der Waals surface area contributed by atoms with Gasteiger partial charge < -0.3 is 20.3 Å². The molecule has 1 aliphatic heterocycles. The number of anilines is 1. The van der Waals surface area contributed by atoms with E-state index in [4.69, 9.17) is 4.74 Å². The molecule has 0 bridgehead atoms. The van der Waals surface area contributed by atoms with Crippen LogP contribution in [-0.2, 0) is 11.3 Å². The number of pyridine rings is 1. The summed E-state index contributed by atoms with van der Waals surface area (Å²) < 4.78 is 5.35. The Morgan fingerprint density at radius 2 is 2.08 bits per heavy atom. The summed E-state index contributed by atoms with van der Waals surface area (Å²) in [4.78, 5) is 11.3. The molecule has 1 fully saturated rings. The fraction of sp³-hybridized carbons (Fsp3) is 0.700. The van der Waals surface area contributed by atoms with Crippen molar-refractivity contribution in [2.45, 2.75) is 46.1 Å². The van der Waals surface area contributed by atoms with E-state index in [9.17, 15) is 0 Å². The lowest BCUT2D eigenvalue weighted by Crippen LogP contribution is -2.37. The van der Waals surface area contributed by atoms with Gasteiger partial charge in [0.1, 0.15) is 5.82 Å². The van der Waals surface area contributed by atoms with Crippen molar-refractivity contribution in [3.63, 3.8) is 0 Å². The van der Waals surface area contributed by atoms with Gasteiger partial charge in [0, 0.05) is 52.6 Å². The minimum atomic E-state index is 0.725. The Bertz CT molecular complexity index is 524. The Morgan fingerprint density at radius 1 is 1.27 bits per heavy atom. The molecule has 0 radical (unpaired) electrons. The van der Waals surface area contributed by atoms with Crippen molar-refractivity contribution in [2.75, 3.05) is 44.8 Å². The summed E-state index contributed by atoms with van der Waals surface area (Å²) in [5.74, 6) is 2.76. The van der Waals surface area contributed by atoms with Gasteiger partial charge in [0.2, 0.25) is 0 Å². The van der Waals surface area contributed by atoms with Crippen LogP contribution in [0.1, 0.15) is 45.1 Å². The Morgan fingerprint density at radius 3 is 2.73 bits per heavy atom. The van der Waals surface area contributed by atoms with Crippen LogP contribution in [0.15, 0.2) is 23.3 Å². The van der Waals surface area contributed by atoms with E-state index in [1.165, 1.54) is 18.4 Å². The van der Waals surface area contributed by atoms with Gasteiger partial charge in [0.25, 0.3) is 0 Å². The number of rotatable bonds is 9. The van der Waals surface area contributed by atoms with Gasteiger partial charge in [-0.3, -0.25) is 4.99 Å². The number of nitrogens with one attached hydrogen (secondary N) is 2. The van der Waals surface area contributed by atoms with Crippen molar-refractivity contribution in [3.8, 4) is 0 Å². The van der Waals surface area contributed by atoms with Crippen LogP contribution < -0.4 is 15.5 Å². The van der Waals surface area contributed by atoms with Crippen molar-refractivity contribution < 1.29 is 4.74 Å². The van der Waals surface area contributed by atoms with Crippen LogP contribution in [0.3, 0.4) is 0 Å². The minimum absolute atomic E-state index is 0.725. The van der Waals surface area contributed by atoms with Gasteiger partial charge in [-0.2, -0.15) is 0 Å². The molecule has 0 saturated carbocycles. The first-order valence-electron chi connectivity index (χ1n) is 9.95. The molecule has 6 nitrogen and oxygen atoms in total. The van der Waals surface area contributed by atoms with E-state index >= 15 is 0 Å². The predicted molar refractivity (Wildman–Crippen MR) is 109 cm³/mol. The fourth-order valence-corrected chi connectivity index (χ4v) is 3.03. The van der Waals surface area contributed by atoms with Gasteiger partial charge >= 0.3 is 0 Å². The molecule has 0 aromatic carbocycles. The Labute approximate surface area is 158 Å². The molecule has 2 rings (SSSR count). The molecular formula is C20H35N5O. The quantitative estimate of drug-likeness (QED) is 0.402. The molecule has 0 aliphatic carbocycles. The van der Waals surface area contributed by atoms with Crippen LogP contribution >= 0.6 is 0 Å². The van der Waals surface area contributed by atoms with Crippen molar-refractivity contribution in [2.24, 2.45) is 10.9 Å². The molecule has 1 aliphatic rings. The summed E-state index contributed by atoms with van der Waals surface area (Å²) in [7, 11) is 1.80. The van der Waals surface area contributed by atoms with E-state index in [-0.39, 0.29) is 0 Å². The molecule has 2 N–H and O–H groups in total. The molecule has 0 unspecified atom stereocenters. The van der Waals surface area contributed by atoms with E-state index < -0.39 is 0 Å². The highest BCUT2D eigenvalue weighted by atomic mass is 16.5. The zero-order valence-electron chi connectivity index (χ0n) is 16.6. The first kappa shape index (κ1) is 20.5. The number of hydrogen-bond donors (Lipinski definition) is 2. The molecule has 26 heavy (non-hydrogen) atoms. The van der Waals surface area contributed by atoms with Gasteiger partial charge in [-0.1, -0.05) is 13.0 Å². The molecule has 1 saturated heterocycles. The van der Waals surface area contributed by atoms with Crippen LogP contribution in [0, 0.1) is 5.92 Å². The summed E-state index contributed by atoms with van der Waals surface area (Å²) in [5, 5.41) is 6.69. The Kier molecular flexibility index (Phi) is 9.24. The standard InChI is InChI=1S/C20H35N5O/c1-4-26-14-6-5-11-22-20(21-3)24-16-18-7-8-19(23-15-18)25-12-9-17(2)10-13-25/h7-8,15,17H,4-6,9-14,16H2,1-3H3,(H2,21,22,24). The zero-order chi connectivity index (χ0) is 18.6. The molecule has 0 atom stereocenters. The third-order valence-corrected chi connectivity index (χ3v) is 4.81. The average molecular weight is 362 g/mol. The van der Waals surface area contributed by atoms with E-state index in [2.05, 4.69) is 44.6 Å². The third-order valence-electron chi connectivity index (χ3n) is 4.81. The van der Waals surface area contributed by atoms with Gasteiger partial charge in [0.15, 0.2) is 5.96 Å². The summed E-state index contributed by atoms with van der Waals surface area (Å²) in [6, 6.07) is 4.29. The van der Waals surface area contributed by atoms with Crippen molar-refractivity contribution in [1.29, 1.82) is 0 Å². The molecule has 0 amide bonds. The van der Waals surface area contributed by atoms with Crippen LogP contribution in [-0.4, -0.2) is 50.8 Å². The zero-order valence-corrected chi connectivity index (χ0v) is 16.6. The maximum absolute atomic E-state index is 5.35. The van der Waals surface area contributed by atoms with Gasteiger partial charge in [-0.25, -0.2) is 4.98 Å². The monoisotopic (exact) mass is 361 g/mol. The second-order valence-electron chi connectivity index (χ2n) is 6.95. The molecule has 0 spiro atoms. The number of guanidine groups is 1. The minimum Gasteiger partial charge on any atom is -0.382 e. The topological polar surface area (TPSA) is 61.8 Å². The van der Waals surface area contributed by atoms with E-state index in [1.807, 2.05) is 13.1 Å². The molecule has 2 heterocycles. The third kappa shape index (κ3) is 7.20. The highest BCUT2D eigenvalue weighted by Crippen LogP contribution is 2.21. The number of hydrogen-bond acceptors (Lipinski definition) is 4. The van der Waals surface area contributed by atoms with E-state index in [1.54, 1.807) is 7.05 Å². The lowest BCUT2D eigenvalue weighted by Gasteiger charge is -2.31. The summed E-state index contributed by atoms with van der Waals surface area (Å²) in [6.45, 7) is 9.84. The number of ether oxygens (including phenoxy) is 1. The number of aromatic nitrogens is 1. The highest BCUT2D eigenvalue weighted by molar-refractivity contribution is 5.79. The second kappa shape index (κ2) is 11.7.